The lowest BCUT2D eigenvalue weighted by Crippen LogP contribution is -2.30. The lowest BCUT2D eigenvalue weighted by molar-refractivity contribution is 0.277. The Labute approximate surface area is 106 Å². The van der Waals surface area contributed by atoms with Crippen molar-refractivity contribution >= 4 is 0 Å². The minimum atomic E-state index is 0.0640. The van der Waals surface area contributed by atoms with Crippen LogP contribution in [-0.4, -0.2) is 20.0 Å². The van der Waals surface area contributed by atoms with Crippen LogP contribution in [0.25, 0.3) is 5.82 Å². The Kier molecular flexibility index (Phi) is 2.45. The molecule has 0 amide bonds. The van der Waals surface area contributed by atoms with E-state index in [0.717, 1.165) is 24.2 Å². The number of hydrogen-bond acceptors (Lipinski definition) is 4. The molecule has 3 rings (SSSR count). The van der Waals surface area contributed by atoms with Crippen LogP contribution in [0.1, 0.15) is 37.6 Å². The first-order chi connectivity index (χ1) is 8.57. The van der Waals surface area contributed by atoms with Crippen molar-refractivity contribution in [1.29, 1.82) is 0 Å². The van der Waals surface area contributed by atoms with Gasteiger partial charge in [0.25, 0.3) is 0 Å². The zero-order valence-electron chi connectivity index (χ0n) is 10.7. The van der Waals surface area contributed by atoms with Gasteiger partial charge in [0.05, 0.1) is 11.9 Å². The van der Waals surface area contributed by atoms with Crippen molar-refractivity contribution in [3.8, 4) is 5.82 Å². The number of hydrogen-bond donors (Lipinski definition) is 1. The SMILES string of the molecule is CC1(C)Cc2c(cnn2-c2cccnn2)C(N)C1. The number of nitrogens with zero attached hydrogens (tertiary/aromatic N) is 4. The maximum Gasteiger partial charge on any atom is 0.175 e. The van der Waals surface area contributed by atoms with Crippen molar-refractivity contribution < 1.29 is 0 Å². The Morgan fingerprint density at radius 1 is 1.44 bits per heavy atom. The van der Waals surface area contributed by atoms with Crippen LogP contribution in [0.15, 0.2) is 24.5 Å². The standard InChI is InChI=1S/C13H17N5/c1-13(2)6-10(14)9-8-16-18(11(9)7-13)12-4-3-5-15-17-12/h3-5,8,10H,6-7,14H2,1-2H3. The van der Waals surface area contributed by atoms with Gasteiger partial charge in [-0.25, -0.2) is 4.68 Å². The summed E-state index contributed by atoms with van der Waals surface area (Å²) < 4.78 is 1.86. The second-order valence-electron chi connectivity index (χ2n) is 5.69. The Hall–Kier alpha value is -1.75. The third-order valence-electron chi connectivity index (χ3n) is 3.49. The van der Waals surface area contributed by atoms with Crippen LogP contribution in [0.2, 0.25) is 0 Å². The molecule has 0 saturated heterocycles. The van der Waals surface area contributed by atoms with Gasteiger partial charge in [0.2, 0.25) is 0 Å². The van der Waals surface area contributed by atoms with E-state index in [4.69, 9.17) is 5.73 Å². The van der Waals surface area contributed by atoms with Crippen LogP contribution in [0.5, 0.6) is 0 Å². The summed E-state index contributed by atoms with van der Waals surface area (Å²) in [6.45, 7) is 4.48. The number of fused-ring (bicyclic) bond motifs is 1. The fourth-order valence-electron chi connectivity index (χ4n) is 2.71. The summed E-state index contributed by atoms with van der Waals surface area (Å²) in [4.78, 5) is 0. The van der Waals surface area contributed by atoms with Gasteiger partial charge >= 0.3 is 0 Å². The van der Waals surface area contributed by atoms with Gasteiger partial charge in [-0.1, -0.05) is 13.8 Å². The Bertz CT molecular complexity index is 558. The Morgan fingerprint density at radius 2 is 2.28 bits per heavy atom. The molecule has 2 aromatic rings. The van der Waals surface area contributed by atoms with Crippen molar-refractivity contribution in [2.75, 3.05) is 0 Å². The molecule has 18 heavy (non-hydrogen) atoms. The molecule has 2 N–H and O–H groups in total. The highest BCUT2D eigenvalue weighted by atomic mass is 15.3. The summed E-state index contributed by atoms with van der Waals surface area (Å²) in [7, 11) is 0. The van der Waals surface area contributed by atoms with E-state index in [0.29, 0.717) is 0 Å². The molecule has 2 aromatic heterocycles. The quantitative estimate of drug-likeness (QED) is 0.826. The molecule has 0 bridgehead atoms. The summed E-state index contributed by atoms with van der Waals surface area (Å²) in [5, 5.41) is 12.4. The van der Waals surface area contributed by atoms with Crippen LogP contribution in [0.3, 0.4) is 0 Å². The molecule has 1 aliphatic rings. The molecule has 0 aliphatic heterocycles. The first-order valence-corrected chi connectivity index (χ1v) is 6.17. The molecule has 1 atom stereocenters. The smallest absolute Gasteiger partial charge is 0.175 e. The summed E-state index contributed by atoms with van der Waals surface area (Å²) >= 11 is 0. The van der Waals surface area contributed by atoms with Gasteiger partial charge in [0, 0.05) is 17.8 Å². The molecular formula is C13H17N5. The highest BCUT2D eigenvalue weighted by molar-refractivity contribution is 5.32. The second-order valence-corrected chi connectivity index (χ2v) is 5.69. The van der Waals surface area contributed by atoms with Gasteiger partial charge in [0.15, 0.2) is 5.82 Å². The number of rotatable bonds is 1. The van der Waals surface area contributed by atoms with Gasteiger partial charge < -0.3 is 5.73 Å². The highest BCUT2D eigenvalue weighted by Gasteiger charge is 2.33. The molecule has 1 aliphatic carbocycles. The van der Waals surface area contributed by atoms with E-state index < -0.39 is 0 Å². The highest BCUT2D eigenvalue weighted by Crippen LogP contribution is 2.39. The summed E-state index contributed by atoms with van der Waals surface area (Å²) in [6.07, 6.45) is 5.48. The fourth-order valence-corrected chi connectivity index (χ4v) is 2.71. The molecule has 0 radical (unpaired) electrons. The van der Waals surface area contributed by atoms with Crippen LogP contribution in [0, 0.1) is 5.41 Å². The van der Waals surface area contributed by atoms with E-state index in [-0.39, 0.29) is 11.5 Å². The van der Waals surface area contributed by atoms with E-state index >= 15 is 0 Å². The van der Waals surface area contributed by atoms with E-state index in [1.807, 2.05) is 23.0 Å². The Morgan fingerprint density at radius 3 is 3.00 bits per heavy atom. The third kappa shape index (κ3) is 1.80. The lowest BCUT2D eigenvalue weighted by atomic mass is 9.75. The van der Waals surface area contributed by atoms with E-state index in [1.54, 1.807) is 6.20 Å². The number of aromatic nitrogens is 4. The van der Waals surface area contributed by atoms with E-state index in [9.17, 15) is 0 Å². The van der Waals surface area contributed by atoms with Gasteiger partial charge in [-0.15, -0.1) is 5.10 Å². The van der Waals surface area contributed by atoms with Crippen LogP contribution in [-0.2, 0) is 6.42 Å². The van der Waals surface area contributed by atoms with Crippen LogP contribution in [0.4, 0.5) is 0 Å². The largest absolute Gasteiger partial charge is 0.324 e. The second kappa shape index (κ2) is 3.88. The van der Waals surface area contributed by atoms with Crippen molar-refractivity contribution in [1.82, 2.24) is 20.0 Å². The first kappa shape index (κ1) is 11.3. The van der Waals surface area contributed by atoms with E-state index in [2.05, 4.69) is 29.1 Å². The average molecular weight is 243 g/mol. The van der Waals surface area contributed by atoms with Gasteiger partial charge in [-0.2, -0.15) is 10.2 Å². The minimum absolute atomic E-state index is 0.0640. The average Bonchev–Trinajstić information content (AvgIpc) is 2.72. The van der Waals surface area contributed by atoms with Gasteiger partial charge in [-0.3, -0.25) is 0 Å². The number of nitrogens with two attached hydrogens (primary N) is 1. The molecule has 94 valence electrons. The summed E-state index contributed by atoms with van der Waals surface area (Å²) in [6, 6.07) is 3.84. The topological polar surface area (TPSA) is 69.6 Å². The molecule has 0 fully saturated rings. The van der Waals surface area contributed by atoms with Crippen LogP contribution < -0.4 is 5.73 Å². The Balaban J connectivity index is 2.10. The molecular weight excluding hydrogens is 226 g/mol. The van der Waals surface area contributed by atoms with Gasteiger partial charge in [-0.05, 0) is 30.4 Å². The van der Waals surface area contributed by atoms with Crippen molar-refractivity contribution in [3.63, 3.8) is 0 Å². The summed E-state index contributed by atoms with van der Waals surface area (Å²) in [5.74, 6) is 0.753. The zero-order chi connectivity index (χ0) is 12.8. The predicted octanol–water partition coefficient (Wildman–Crippen LogP) is 1.63. The van der Waals surface area contributed by atoms with E-state index in [1.165, 1.54) is 5.69 Å². The van der Waals surface area contributed by atoms with Crippen molar-refractivity contribution in [3.05, 3.63) is 35.8 Å². The maximum absolute atomic E-state index is 6.22. The zero-order valence-corrected chi connectivity index (χ0v) is 10.7. The lowest BCUT2D eigenvalue weighted by Gasteiger charge is -2.33. The normalized spacial score (nSPS) is 21.6. The molecule has 1 unspecified atom stereocenters. The van der Waals surface area contributed by atoms with Crippen molar-refractivity contribution in [2.45, 2.75) is 32.7 Å². The molecule has 0 aromatic carbocycles. The molecule has 5 nitrogen and oxygen atoms in total. The monoisotopic (exact) mass is 243 g/mol. The third-order valence-corrected chi connectivity index (χ3v) is 3.49. The van der Waals surface area contributed by atoms with Crippen molar-refractivity contribution in [2.24, 2.45) is 11.1 Å². The molecule has 0 saturated carbocycles. The fraction of sp³-hybridized carbons (Fsp3) is 0.462. The predicted molar refractivity (Wildman–Crippen MR) is 68.2 cm³/mol. The molecule has 5 heteroatoms. The minimum Gasteiger partial charge on any atom is -0.324 e. The first-order valence-electron chi connectivity index (χ1n) is 6.17. The molecule has 0 spiro atoms. The molecule has 2 heterocycles. The maximum atomic E-state index is 6.22. The van der Waals surface area contributed by atoms with Gasteiger partial charge in [0.1, 0.15) is 0 Å². The van der Waals surface area contributed by atoms with Crippen LogP contribution >= 0.6 is 0 Å². The summed E-state index contributed by atoms with van der Waals surface area (Å²) in [5.41, 5.74) is 8.73.